The van der Waals surface area contributed by atoms with Crippen molar-refractivity contribution >= 4 is 29.3 Å². The molecule has 39 heavy (non-hydrogen) atoms. The summed E-state index contributed by atoms with van der Waals surface area (Å²) in [5.41, 5.74) is -3.03. The van der Waals surface area contributed by atoms with Crippen LogP contribution in [0.4, 0.5) is 23.2 Å². The van der Waals surface area contributed by atoms with Gasteiger partial charge in [0.15, 0.2) is 0 Å². The first kappa shape index (κ1) is 28.3. The van der Waals surface area contributed by atoms with E-state index >= 15 is 0 Å². The van der Waals surface area contributed by atoms with Gasteiger partial charge in [0.2, 0.25) is 17.7 Å². The highest BCUT2D eigenvalue weighted by atomic mass is 19.4. The third kappa shape index (κ3) is 5.42. The van der Waals surface area contributed by atoms with Crippen LogP contribution in [0.3, 0.4) is 0 Å². The zero-order valence-corrected chi connectivity index (χ0v) is 21.6. The molecule has 13 heteroatoms. The van der Waals surface area contributed by atoms with Crippen LogP contribution in [-0.2, 0) is 24.6 Å². The van der Waals surface area contributed by atoms with Crippen LogP contribution in [0.1, 0.15) is 52.0 Å². The topological polar surface area (TPSA) is 131 Å². The lowest BCUT2D eigenvalue weighted by Crippen LogP contribution is -2.60. The van der Waals surface area contributed by atoms with Gasteiger partial charge in [-0.15, -0.1) is 0 Å². The van der Waals surface area contributed by atoms with Crippen molar-refractivity contribution in [1.29, 1.82) is 5.26 Å². The third-order valence-electron chi connectivity index (χ3n) is 7.55. The third-order valence-corrected chi connectivity index (χ3v) is 7.55. The number of hydrogen-bond donors (Lipinski definition) is 3. The van der Waals surface area contributed by atoms with Gasteiger partial charge in [0.05, 0.1) is 11.5 Å². The largest absolute Gasteiger partial charge is 0.471 e. The molecule has 2 fully saturated rings. The molecule has 9 nitrogen and oxygen atoms in total. The number of halogens is 4. The van der Waals surface area contributed by atoms with Gasteiger partial charge in [-0.25, -0.2) is 4.39 Å². The number of rotatable bonds is 6. The molecule has 0 aromatic heterocycles. The summed E-state index contributed by atoms with van der Waals surface area (Å²) in [6.45, 7) is 4.07. The Morgan fingerprint density at radius 1 is 1.18 bits per heavy atom. The Balaban J connectivity index is 1.61. The number of carbonyl (C=O) groups excluding carboxylic acids is 4. The minimum absolute atomic E-state index is 0.0220. The Morgan fingerprint density at radius 3 is 2.38 bits per heavy atom. The molecule has 1 saturated heterocycles. The molecular weight excluding hydrogens is 522 g/mol. The first-order chi connectivity index (χ1) is 18.0. The molecule has 210 valence electrons. The van der Waals surface area contributed by atoms with Gasteiger partial charge in [-0.2, -0.15) is 18.4 Å². The molecule has 2 heterocycles. The molecule has 1 aliphatic carbocycles. The van der Waals surface area contributed by atoms with Crippen molar-refractivity contribution < 1.29 is 36.7 Å². The quantitative estimate of drug-likeness (QED) is 0.468. The van der Waals surface area contributed by atoms with Crippen LogP contribution in [0.15, 0.2) is 24.3 Å². The first-order valence-corrected chi connectivity index (χ1v) is 12.5. The molecule has 0 bridgehead atoms. The van der Waals surface area contributed by atoms with E-state index in [4.69, 9.17) is 0 Å². The van der Waals surface area contributed by atoms with Crippen molar-refractivity contribution in [3.63, 3.8) is 0 Å². The Labute approximate surface area is 222 Å². The smallest absolute Gasteiger partial charge is 0.342 e. The fourth-order valence-electron chi connectivity index (χ4n) is 5.24. The van der Waals surface area contributed by atoms with E-state index in [9.17, 15) is 42.0 Å². The fourth-order valence-corrected chi connectivity index (χ4v) is 5.24. The zero-order valence-electron chi connectivity index (χ0n) is 21.6. The molecular formula is C26H29F4N5O4. The van der Waals surface area contributed by atoms with E-state index < -0.39 is 70.9 Å². The highest BCUT2D eigenvalue weighted by Crippen LogP contribution is 2.47. The van der Waals surface area contributed by atoms with Crippen LogP contribution in [0.25, 0.3) is 0 Å². The summed E-state index contributed by atoms with van der Waals surface area (Å²) in [5, 5.41) is 16.6. The molecule has 1 aromatic carbocycles. The van der Waals surface area contributed by atoms with Crippen molar-refractivity contribution in [3.8, 4) is 6.07 Å². The number of anilines is 1. The Bertz CT molecular complexity index is 1250. The number of fused-ring (bicyclic) bond motifs is 2. The van der Waals surface area contributed by atoms with E-state index in [0.29, 0.717) is 11.3 Å². The van der Waals surface area contributed by atoms with Gasteiger partial charge in [-0.05, 0) is 29.9 Å². The second-order valence-electron chi connectivity index (χ2n) is 11.6. The maximum Gasteiger partial charge on any atom is 0.471 e. The molecule has 1 aromatic rings. The summed E-state index contributed by atoms with van der Waals surface area (Å²) in [5.74, 6) is -4.66. The predicted molar refractivity (Wildman–Crippen MR) is 130 cm³/mol. The fraction of sp³-hybridized carbons (Fsp3) is 0.577. The van der Waals surface area contributed by atoms with Crippen molar-refractivity contribution in [2.45, 2.75) is 81.8 Å². The molecule has 1 spiro atoms. The van der Waals surface area contributed by atoms with Crippen LogP contribution < -0.4 is 16.0 Å². The number of nitrogens with one attached hydrogen (secondary N) is 3. The van der Waals surface area contributed by atoms with E-state index in [0.717, 1.165) is 4.90 Å². The number of likely N-dealkylation sites (tertiary alicyclic amines) is 1. The molecule has 4 amide bonds. The normalized spacial score (nSPS) is 24.8. The number of amides is 4. The highest BCUT2D eigenvalue weighted by Gasteiger charge is 2.57. The Kier molecular flexibility index (Phi) is 6.90. The number of nitriles is 1. The summed E-state index contributed by atoms with van der Waals surface area (Å²) >= 11 is 0. The Hall–Kier alpha value is -3.69. The van der Waals surface area contributed by atoms with Crippen LogP contribution >= 0.6 is 0 Å². The molecule has 3 N–H and O–H groups in total. The monoisotopic (exact) mass is 551 g/mol. The standard InChI is InChI=1S/C26H29F4N5O4/c1-23(2,3)18(34-22(39)26(28,29)30)19(36)32-17(11-24(27)8-9-24)20(37)35-13-25(10-14(35)12-31)15-6-4-5-7-16(15)33-21(25)38/h4-7,14,17-18H,8-11,13H2,1-3H3,(H,32,36)(H,33,38)(H,34,39)/t14-,17?,18?,25-/m0/s1. The van der Waals surface area contributed by atoms with E-state index in [1.165, 1.54) is 20.8 Å². The van der Waals surface area contributed by atoms with E-state index in [1.54, 1.807) is 29.6 Å². The second kappa shape index (κ2) is 9.50. The van der Waals surface area contributed by atoms with E-state index in [1.807, 2.05) is 6.07 Å². The summed E-state index contributed by atoms with van der Waals surface area (Å²) in [4.78, 5) is 52.7. The number of nitrogens with zero attached hydrogens (tertiary/aromatic N) is 2. The predicted octanol–water partition coefficient (Wildman–Crippen LogP) is 2.47. The van der Waals surface area contributed by atoms with Crippen LogP contribution in [-0.4, -0.2) is 65.0 Å². The van der Waals surface area contributed by atoms with Gasteiger partial charge in [-0.1, -0.05) is 39.0 Å². The van der Waals surface area contributed by atoms with Crippen LogP contribution in [0.5, 0.6) is 0 Å². The van der Waals surface area contributed by atoms with E-state index in [-0.39, 0.29) is 25.8 Å². The average Bonchev–Trinajstić information content (AvgIpc) is 3.33. The lowest BCUT2D eigenvalue weighted by molar-refractivity contribution is -0.175. The molecule has 4 rings (SSSR count). The first-order valence-electron chi connectivity index (χ1n) is 12.5. The summed E-state index contributed by atoms with van der Waals surface area (Å²) in [6, 6.07) is 4.54. The molecule has 2 unspecified atom stereocenters. The molecule has 1 saturated carbocycles. The second-order valence-corrected chi connectivity index (χ2v) is 11.6. The minimum atomic E-state index is -5.25. The number of carbonyl (C=O) groups is 4. The number of para-hydroxylation sites is 1. The van der Waals surface area contributed by atoms with Gasteiger partial charge in [0.25, 0.3) is 0 Å². The van der Waals surface area contributed by atoms with Gasteiger partial charge in [0.1, 0.15) is 23.8 Å². The maximum absolute atomic E-state index is 14.9. The zero-order chi connectivity index (χ0) is 29.0. The SMILES string of the molecule is CC(C)(C)C(NC(=O)C(F)(F)F)C(=O)NC(CC1(F)CC1)C(=O)N1C[C@]2(C[C@H]1C#N)C(=O)Nc1ccccc12. The molecule has 4 atom stereocenters. The van der Waals surface area contributed by atoms with Crippen molar-refractivity contribution in [3.05, 3.63) is 29.8 Å². The van der Waals surface area contributed by atoms with Crippen molar-refractivity contribution in [2.75, 3.05) is 11.9 Å². The van der Waals surface area contributed by atoms with Crippen molar-refractivity contribution in [1.82, 2.24) is 15.5 Å². The molecule has 3 aliphatic rings. The minimum Gasteiger partial charge on any atom is -0.342 e. The molecule has 2 aliphatic heterocycles. The summed E-state index contributed by atoms with van der Waals surface area (Å²) in [7, 11) is 0. The lowest BCUT2D eigenvalue weighted by atomic mass is 9.80. The van der Waals surface area contributed by atoms with Gasteiger partial charge in [0, 0.05) is 25.1 Å². The van der Waals surface area contributed by atoms with Gasteiger partial charge < -0.3 is 20.9 Å². The average molecular weight is 552 g/mol. The molecule has 0 radical (unpaired) electrons. The maximum atomic E-state index is 14.9. The number of hydrogen-bond acceptors (Lipinski definition) is 5. The van der Waals surface area contributed by atoms with Crippen molar-refractivity contribution in [2.24, 2.45) is 5.41 Å². The van der Waals surface area contributed by atoms with E-state index in [2.05, 4.69) is 10.6 Å². The summed E-state index contributed by atoms with van der Waals surface area (Å²) in [6.07, 6.45) is -5.49. The Morgan fingerprint density at radius 2 is 1.82 bits per heavy atom. The number of benzene rings is 1. The summed E-state index contributed by atoms with van der Waals surface area (Å²) < 4.78 is 53.7. The van der Waals surface area contributed by atoms with Crippen LogP contribution in [0.2, 0.25) is 0 Å². The number of alkyl halides is 4. The lowest BCUT2D eigenvalue weighted by Gasteiger charge is -2.33. The van der Waals surface area contributed by atoms with Crippen LogP contribution in [0, 0.1) is 16.7 Å². The van der Waals surface area contributed by atoms with Gasteiger partial charge >= 0.3 is 12.1 Å². The van der Waals surface area contributed by atoms with Gasteiger partial charge in [-0.3, -0.25) is 19.2 Å². The highest BCUT2D eigenvalue weighted by molar-refractivity contribution is 6.07.